The average molecular weight is 204 g/mol. The van der Waals surface area contributed by atoms with Crippen LogP contribution in [-0.2, 0) is 0 Å². The van der Waals surface area contributed by atoms with Gasteiger partial charge in [0.1, 0.15) is 0 Å². The molecule has 0 aromatic rings. The lowest BCUT2D eigenvalue weighted by Gasteiger charge is -1.64. The van der Waals surface area contributed by atoms with Crippen molar-refractivity contribution < 1.29 is 0 Å². The highest BCUT2D eigenvalue weighted by molar-refractivity contribution is 14.2. The van der Waals surface area contributed by atoms with Crippen LogP contribution in [0.15, 0.2) is 0 Å². The highest BCUT2D eigenvalue weighted by Crippen LogP contribution is 2.04. The molecule has 0 unspecified atom stereocenters. The van der Waals surface area contributed by atoms with Crippen molar-refractivity contribution in [3.05, 3.63) is 0 Å². The van der Waals surface area contributed by atoms with Gasteiger partial charge in [0.15, 0.2) is 0 Å². The van der Waals surface area contributed by atoms with Gasteiger partial charge in [-0.05, 0) is 21.2 Å². The Balaban J connectivity index is 1.97. The molecule has 0 saturated carbocycles. The van der Waals surface area contributed by atoms with E-state index in [4.69, 9.17) is 0 Å². The SMILES string of the molecule is C[SiH2]SI. The Morgan fingerprint density at radius 2 is 2.25 bits per heavy atom. The van der Waals surface area contributed by atoms with Crippen molar-refractivity contribution in [1.82, 2.24) is 0 Å². The van der Waals surface area contributed by atoms with Crippen LogP contribution in [0.2, 0.25) is 6.55 Å². The van der Waals surface area contributed by atoms with Crippen LogP contribution in [0.3, 0.4) is 0 Å². The van der Waals surface area contributed by atoms with Gasteiger partial charge in [-0.1, -0.05) is 6.55 Å². The van der Waals surface area contributed by atoms with Crippen LogP contribution in [-0.4, -0.2) is 8.67 Å². The lowest BCUT2D eigenvalue weighted by molar-refractivity contribution is 2.38. The molecule has 0 amide bonds. The van der Waals surface area contributed by atoms with Crippen molar-refractivity contribution in [2.75, 3.05) is 0 Å². The molecule has 0 heterocycles. The van der Waals surface area contributed by atoms with E-state index in [0.717, 1.165) is 0 Å². The summed E-state index contributed by atoms with van der Waals surface area (Å²) < 4.78 is 0. The highest BCUT2D eigenvalue weighted by atomic mass is 127. The fourth-order valence-corrected chi connectivity index (χ4v) is 0. The first-order chi connectivity index (χ1) is 1.91. The Morgan fingerprint density at radius 1 is 2.00 bits per heavy atom. The summed E-state index contributed by atoms with van der Waals surface area (Å²) in [7, 11) is 2.29. The summed E-state index contributed by atoms with van der Waals surface area (Å²) in [5.41, 5.74) is 0. The first-order valence-corrected chi connectivity index (χ1v) is 7.82. The predicted molar refractivity (Wildman–Crippen MR) is 36.0 cm³/mol. The van der Waals surface area contributed by atoms with Crippen molar-refractivity contribution in [2.45, 2.75) is 6.55 Å². The van der Waals surface area contributed by atoms with Gasteiger partial charge >= 0.3 is 0 Å². The van der Waals surface area contributed by atoms with E-state index in [2.05, 4.69) is 27.8 Å². The summed E-state index contributed by atoms with van der Waals surface area (Å²) in [6.07, 6.45) is 0. The van der Waals surface area contributed by atoms with Gasteiger partial charge in [-0.2, -0.15) is 0 Å². The van der Waals surface area contributed by atoms with E-state index in [1.165, 1.54) is 0 Å². The second-order valence-electron chi connectivity index (χ2n) is 0.398. The normalized spacial score (nSPS) is 10.5. The van der Waals surface area contributed by atoms with E-state index >= 15 is 0 Å². The van der Waals surface area contributed by atoms with Gasteiger partial charge in [0.25, 0.3) is 0 Å². The number of hydrogen-bond acceptors (Lipinski definition) is 1. The van der Waals surface area contributed by atoms with Crippen LogP contribution in [0.5, 0.6) is 0 Å². The minimum absolute atomic E-state index is 0.328. The molecular formula is CH5ISSi. The largest absolute Gasteiger partial charge is 0.125 e. The molecule has 0 fully saturated rings. The Bertz CT molecular complexity index is 10.0. The second kappa shape index (κ2) is 4.30. The molecular weight excluding hydrogens is 199 g/mol. The molecule has 3 heteroatoms. The van der Waals surface area contributed by atoms with Crippen LogP contribution in [0.4, 0.5) is 0 Å². The molecule has 0 rings (SSSR count). The lowest BCUT2D eigenvalue weighted by Crippen LogP contribution is -1.52. The average Bonchev–Trinajstić information content (AvgIpc) is 1.37. The minimum atomic E-state index is 0.328. The summed E-state index contributed by atoms with van der Waals surface area (Å²) >= 11 is 2.33. The van der Waals surface area contributed by atoms with Crippen LogP contribution in [0, 0.1) is 0 Å². The Hall–Kier alpha value is 1.30. The summed E-state index contributed by atoms with van der Waals surface area (Å²) in [6, 6.07) is 0. The van der Waals surface area contributed by atoms with Gasteiger partial charge < -0.3 is 0 Å². The molecule has 0 nitrogen and oxygen atoms in total. The van der Waals surface area contributed by atoms with Crippen molar-refractivity contribution in [1.29, 1.82) is 0 Å². The van der Waals surface area contributed by atoms with Gasteiger partial charge in [0.05, 0.1) is 8.67 Å². The molecule has 0 aliphatic heterocycles. The summed E-state index contributed by atoms with van der Waals surface area (Å²) in [4.78, 5) is 0. The quantitative estimate of drug-likeness (QED) is 0.457. The van der Waals surface area contributed by atoms with Gasteiger partial charge in [-0.15, -0.1) is 8.38 Å². The van der Waals surface area contributed by atoms with Gasteiger partial charge in [-0.25, -0.2) is 0 Å². The van der Waals surface area contributed by atoms with Crippen LogP contribution in [0.25, 0.3) is 0 Å². The maximum Gasteiger partial charge on any atom is 0.0959 e. The van der Waals surface area contributed by atoms with Crippen molar-refractivity contribution >= 4 is 38.3 Å². The molecule has 0 aromatic heterocycles. The molecule has 0 N–H and O–H groups in total. The smallest absolute Gasteiger partial charge is 0.0959 e. The molecule has 26 valence electrons. The topological polar surface area (TPSA) is 0 Å². The Kier molecular flexibility index (Phi) is 5.69. The number of halogens is 1. The molecule has 0 spiro atoms. The molecule has 0 aromatic carbocycles. The molecule has 0 radical (unpaired) electrons. The molecule has 0 aliphatic rings. The molecule has 0 bridgehead atoms. The maximum atomic E-state index is 2.33. The first kappa shape index (κ1) is 5.30. The highest BCUT2D eigenvalue weighted by Gasteiger charge is 1.60. The lowest BCUT2D eigenvalue weighted by atomic mass is 11.9. The molecule has 4 heavy (non-hydrogen) atoms. The van der Waals surface area contributed by atoms with E-state index in [0.29, 0.717) is 8.67 Å². The monoisotopic (exact) mass is 204 g/mol. The first-order valence-electron chi connectivity index (χ1n) is 1.15. The van der Waals surface area contributed by atoms with Crippen molar-refractivity contribution in [3.63, 3.8) is 0 Å². The zero-order valence-corrected chi connectivity index (χ0v) is 6.88. The molecule has 0 atom stereocenters. The fraction of sp³-hybridized carbons (Fsp3) is 1.00. The maximum absolute atomic E-state index is 2.33. The number of rotatable bonds is 1. The van der Waals surface area contributed by atoms with Crippen LogP contribution >= 0.6 is 29.6 Å². The third-order valence-corrected chi connectivity index (χ3v) is 6.59. The zero-order chi connectivity index (χ0) is 3.41. The molecule has 0 saturated heterocycles. The Labute approximate surface area is 44.8 Å². The van der Waals surface area contributed by atoms with Crippen molar-refractivity contribution in [2.24, 2.45) is 0 Å². The zero-order valence-electron chi connectivity index (χ0n) is 2.49. The number of hydrogen-bond donors (Lipinski definition) is 0. The van der Waals surface area contributed by atoms with Gasteiger partial charge in [0.2, 0.25) is 0 Å². The van der Waals surface area contributed by atoms with Crippen LogP contribution < -0.4 is 0 Å². The standard InChI is InChI=1S/CH5ISSi/c1-4-3-2/h4H2,1H3. The van der Waals surface area contributed by atoms with Gasteiger partial charge in [-0.3, -0.25) is 0 Å². The minimum Gasteiger partial charge on any atom is -0.125 e. The fourth-order valence-electron chi connectivity index (χ4n) is 0. The third kappa shape index (κ3) is 3.30. The second-order valence-corrected chi connectivity index (χ2v) is 9.19. The van der Waals surface area contributed by atoms with E-state index in [9.17, 15) is 0 Å². The van der Waals surface area contributed by atoms with Crippen molar-refractivity contribution in [3.8, 4) is 0 Å². The Morgan fingerprint density at radius 3 is 2.25 bits per heavy atom. The van der Waals surface area contributed by atoms with E-state index in [1.807, 2.05) is 8.38 Å². The summed E-state index contributed by atoms with van der Waals surface area (Å²) in [5.74, 6) is 0. The van der Waals surface area contributed by atoms with E-state index in [1.54, 1.807) is 0 Å². The van der Waals surface area contributed by atoms with E-state index < -0.39 is 0 Å². The van der Waals surface area contributed by atoms with E-state index in [-0.39, 0.29) is 0 Å². The predicted octanol–water partition coefficient (Wildman–Crippen LogP) is 1.20. The molecule has 0 aliphatic carbocycles. The summed E-state index contributed by atoms with van der Waals surface area (Å²) in [6.45, 7) is 2.27. The summed E-state index contributed by atoms with van der Waals surface area (Å²) in [5, 5.41) is 0. The van der Waals surface area contributed by atoms with Crippen LogP contribution in [0.1, 0.15) is 0 Å². The van der Waals surface area contributed by atoms with Gasteiger partial charge in [0, 0.05) is 0 Å². The third-order valence-electron chi connectivity index (χ3n) is 0.109.